The molecule has 7 nitrogen and oxygen atoms in total. The van der Waals surface area contributed by atoms with Crippen LogP contribution >= 0.6 is 0 Å². The average molecular weight is 297 g/mol. The van der Waals surface area contributed by atoms with Gasteiger partial charge >= 0.3 is 6.01 Å². The van der Waals surface area contributed by atoms with E-state index in [1.165, 1.54) is 0 Å². The molecule has 0 radical (unpaired) electrons. The molecule has 0 aromatic carbocycles. The highest BCUT2D eigenvalue weighted by Crippen LogP contribution is 2.18. The number of hydrogen-bond donors (Lipinski definition) is 2. The Morgan fingerprint density at radius 3 is 2.43 bits per heavy atom. The van der Waals surface area contributed by atoms with Crippen molar-refractivity contribution in [3.63, 3.8) is 0 Å². The summed E-state index contributed by atoms with van der Waals surface area (Å²) in [5, 5.41) is 12.1. The fourth-order valence-corrected chi connectivity index (χ4v) is 1.81. The van der Waals surface area contributed by atoms with Crippen LogP contribution in [-0.4, -0.2) is 51.9 Å². The van der Waals surface area contributed by atoms with E-state index in [-0.39, 0.29) is 18.8 Å². The largest absolute Gasteiger partial charge is 0.461 e. The van der Waals surface area contributed by atoms with Crippen molar-refractivity contribution in [3.05, 3.63) is 0 Å². The Kier molecular flexibility index (Phi) is 7.14. The Labute approximate surface area is 126 Å². The van der Waals surface area contributed by atoms with Gasteiger partial charge in [0.1, 0.15) is 0 Å². The minimum Gasteiger partial charge on any atom is -0.461 e. The lowest BCUT2D eigenvalue weighted by Crippen LogP contribution is -2.34. The Bertz CT molecular complexity index is 426. The molecule has 0 bridgehead atoms. The summed E-state index contributed by atoms with van der Waals surface area (Å²) < 4.78 is 5.60. The normalized spacial score (nSPS) is 11.0. The van der Waals surface area contributed by atoms with Gasteiger partial charge in [0.25, 0.3) is 0 Å². The molecule has 0 spiro atoms. The topological polar surface area (TPSA) is 83.4 Å². The van der Waals surface area contributed by atoms with E-state index >= 15 is 0 Å². The fourth-order valence-electron chi connectivity index (χ4n) is 1.81. The van der Waals surface area contributed by atoms with Gasteiger partial charge in [-0.15, -0.1) is 0 Å². The molecule has 0 fully saturated rings. The van der Waals surface area contributed by atoms with Crippen molar-refractivity contribution in [1.29, 1.82) is 0 Å². The van der Waals surface area contributed by atoms with Crippen LogP contribution in [0.3, 0.4) is 0 Å². The zero-order chi connectivity index (χ0) is 15.8. The molecule has 1 aromatic heterocycles. The van der Waals surface area contributed by atoms with E-state index in [9.17, 15) is 0 Å². The number of rotatable bonds is 9. The van der Waals surface area contributed by atoms with Crippen LogP contribution in [0.25, 0.3) is 0 Å². The Balaban J connectivity index is 3.08. The van der Waals surface area contributed by atoms with Crippen LogP contribution in [0.2, 0.25) is 0 Å². The lowest BCUT2D eigenvalue weighted by atomic mass is 10.3. The highest BCUT2D eigenvalue weighted by atomic mass is 16.5. The molecule has 0 atom stereocenters. The summed E-state index contributed by atoms with van der Waals surface area (Å²) in [7, 11) is 0. The molecule has 0 aliphatic carbocycles. The second-order valence-electron chi connectivity index (χ2n) is 5.30. The number of nitrogens with one attached hydrogen (secondary N) is 1. The lowest BCUT2D eigenvalue weighted by molar-refractivity contribution is 0.222. The van der Waals surface area contributed by atoms with Crippen LogP contribution in [-0.2, 0) is 0 Å². The molecule has 21 heavy (non-hydrogen) atoms. The average Bonchev–Trinajstić information content (AvgIpc) is 2.38. The Morgan fingerprint density at radius 1 is 1.19 bits per heavy atom. The van der Waals surface area contributed by atoms with Crippen LogP contribution in [0.15, 0.2) is 0 Å². The first-order valence-corrected chi connectivity index (χ1v) is 7.52. The van der Waals surface area contributed by atoms with E-state index in [0.29, 0.717) is 30.9 Å². The van der Waals surface area contributed by atoms with Gasteiger partial charge in [0.2, 0.25) is 11.9 Å². The molecule has 0 unspecified atom stereocenters. The summed E-state index contributed by atoms with van der Waals surface area (Å²) in [6.45, 7) is 11.5. The van der Waals surface area contributed by atoms with Gasteiger partial charge < -0.3 is 20.1 Å². The van der Waals surface area contributed by atoms with Gasteiger partial charge in [-0.05, 0) is 41.0 Å². The second kappa shape index (κ2) is 8.61. The maximum atomic E-state index is 9.04. The number of anilines is 2. The number of aromatic nitrogens is 3. The first kappa shape index (κ1) is 17.4. The van der Waals surface area contributed by atoms with E-state index in [1.54, 1.807) is 0 Å². The molecular formula is C14H27N5O2. The van der Waals surface area contributed by atoms with E-state index in [4.69, 9.17) is 9.84 Å². The van der Waals surface area contributed by atoms with E-state index in [0.717, 1.165) is 6.54 Å². The predicted octanol–water partition coefficient (Wildman–Crippen LogP) is 1.69. The summed E-state index contributed by atoms with van der Waals surface area (Å²) in [4.78, 5) is 15.1. The van der Waals surface area contributed by atoms with Gasteiger partial charge in [-0.25, -0.2) is 0 Å². The summed E-state index contributed by atoms with van der Waals surface area (Å²) in [6, 6.07) is 0.543. The number of aliphatic hydroxyl groups excluding tert-OH is 1. The first-order valence-electron chi connectivity index (χ1n) is 7.52. The Hall–Kier alpha value is -1.63. The monoisotopic (exact) mass is 297 g/mol. The van der Waals surface area contributed by atoms with Crippen LogP contribution < -0.4 is 15.0 Å². The molecule has 1 aromatic rings. The summed E-state index contributed by atoms with van der Waals surface area (Å²) in [5.41, 5.74) is 0. The molecule has 1 rings (SSSR count). The van der Waals surface area contributed by atoms with Gasteiger partial charge in [-0.3, -0.25) is 0 Å². The maximum absolute atomic E-state index is 9.04. The SMILES string of the molecule is CCNc1nc(OC(C)C)nc(N(CCCO)C(C)C)n1. The molecule has 7 heteroatoms. The third-order valence-corrected chi connectivity index (χ3v) is 2.72. The van der Waals surface area contributed by atoms with E-state index in [1.807, 2.05) is 25.7 Å². The van der Waals surface area contributed by atoms with E-state index in [2.05, 4.69) is 34.1 Å². The minimum absolute atomic E-state index is 0.000307. The minimum atomic E-state index is -0.000307. The number of hydrogen-bond acceptors (Lipinski definition) is 7. The summed E-state index contributed by atoms with van der Waals surface area (Å²) in [5.74, 6) is 1.08. The first-order chi connectivity index (χ1) is 9.97. The standard InChI is InChI=1S/C14H27N5O2/c1-6-15-12-16-13(18-14(17-12)21-11(4)5)19(10(2)3)8-7-9-20/h10-11,20H,6-9H2,1-5H3,(H,15,16,17,18). The summed E-state index contributed by atoms with van der Waals surface area (Å²) in [6.07, 6.45) is 0.667. The summed E-state index contributed by atoms with van der Waals surface area (Å²) >= 11 is 0. The predicted molar refractivity (Wildman–Crippen MR) is 83.9 cm³/mol. The van der Waals surface area contributed by atoms with Gasteiger partial charge in [0.15, 0.2) is 0 Å². The van der Waals surface area contributed by atoms with Gasteiger partial charge in [-0.1, -0.05) is 0 Å². The number of ether oxygens (including phenoxy) is 1. The molecular weight excluding hydrogens is 270 g/mol. The number of nitrogens with zero attached hydrogens (tertiary/aromatic N) is 4. The zero-order valence-electron chi connectivity index (χ0n) is 13.6. The van der Waals surface area contributed by atoms with Crippen LogP contribution in [0, 0.1) is 0 Å². The van der Waals surface area contributed by atoms with Crippen molar-refractivity contribution in [3.8, 4) is 6.01 Å². The van der Waals surface area contributed by atoms with E-state index < -0.39 is 0 Å². The molecule has 120 valence electrons. The van der Waals surface area contributed by atoms with Crippen molar-refractivity contribution in [1.82, 2.24) is 15.0 Å². The quantitative estimate of drug-likeness (QED) is 0.717. The van der Waals surface area contributed by atoms with Crippen molar-refractivity contribution in [2.24, 2.45) is 0 Å². The number of aliphatic hydroxyl groups is 1. The second-order valence-corrected chi connectivity index (χ2v) is 5.30. The molecule has 0 saturated heterocycles. The highest BCUT2D eigenvalue weighted by Gasteiger charge is 2.17. The van der Waals surface area contributed by atoms with Gasteiger partial charge in [0.05, 0.1) is 6.10 Å². The molecule has 0 amide bonds. The van der Waals surface area contributed by atoms with Gasteiger partial charge in [-0.2, -0.15) is 15.0 Å². The Morgan fingerprint density at radius 2 is 1.90 bits per heavy atom. The smallest absolute Gasteiger partial charge is 0.323 e. The molecule has 0 aliphatic heterocycles. The molecule has 0 saturated carbocycles. The van der Waals surface area contributed by atoms with Crippen molar-refractivity contribution < 1.29 is 9.84 Å². The molecule has 0 aliphatic rings. The molecule has 2 N–H and O–H groups in total. The fraction of sp³-hybridized carbons (Fsp3) is 0.786. The van der Waals surface area contributed by atoms with Crippen LogP contribution in [0.5, 0.6) is 6.01 Å². The van der Waals surface area contributed by atoms with Crippen molar-refractivity contribution >= 4 is 11.9 Å². The molecule has 1 heterocycles. The van der Waals surface area contributed by atoms with Gasteiger partial charge in [0, 0.05) is 25.7 Å². The van der Waals surface area contributed by atoms with Crippen molar-refractivity contribution in [2.45, 2.75) is 53.2 Å². The third-order valence-electron chi connectivity index (χ3n) is 2.72. The van der Waals surface area contributed by atoms with Crippen LogP contribution in [0.1, 0.15) is 41.0 Å². The third kappa shape index (κ3) is 5.71. The maximum Gasteiger partial charge on any atom is 0.323 e. The van der Waals surface area contributed by atoms with Crippen molar-refractivity contribution in [2.75, 3.05) is 29.9 Å². The lowest BCUT2D eigenvalue weighted by Gasteiger charge is -2.27. The highest BCUT2D eigenvalue weighted by molar-refractivity contribution is 5.39. The zero-order valence-corrected chi connectivity index (χ0v) is 13.6. The van der Waals surface area contributed by atoms with Crippen LogP contribution in [0.4, 0.5) is 11.9 Å².